The van der Waals surface area contributed by atoms with E-state index in [0.29, 0.717) is 23.7 Å². The van der Waals surface area contributed by atoms with Gasteiger partial charge in [-0.1, -0.05) is 12.1 Å². The van der Waals surface area contributed by atoms with Gasteiger partial charge in [-0.05, 0) is 31.4 Å². The molecule has 1 saturated heterocycles. The molecule has 1 aromatic heterocycles. The van der Waals surface area contributed by atoms with Crippen LogP contribution in [0.25, 0.3) is 0 Å². The summed E-state index contributed by atoms with van der Waals surface area (Å²) in [6, 6.07) is 6.97. The van der Waals surface area contributed by atoms with Crippen molar-refractivity contribution in [1.29, 1.82) is 0 Å². The minimum absolute atomic E-state index is 0.0333. The molecule has 7 heteroatoms. The third kappa shape index (κ3) is 4.23. The molecule has 2 aromatic rings. The van der Waals surface area contributed by atoms with Crippen molar-refractivity contribution in [2.24, 2.45) is 0 Å². The van der Waals surface area contributed by atoms with Crippen LogP contribution in [-0.2, 0) is 11.2 Å². The summed E-state index contributed by atoms with van der Waals surface area (Å²) >= 11 is 1.39. The summed E-state index contributed by atoms with van der Waals surface area (Å²) in [5.41, 5.74) is 7.09. The fourth-order valence-corrected chi connectivity index (χ4v) is 3.55. The number of rotatable bonds is 5. The molecule has 0 spiro atoms. The smallest absolute Gasteiger partial charge is 0.220 e. The maximum atomic E-state index is 13.8. The van der Waals surface area contributed by atoms with Crippen molar-refractivity contribution in [3.63, 3.8) is 0 Å². The molecule has 24 heavy (non-hydrogen) atoms. The highest BCUT2D eigenvalue weighted by atomic mass is 32.1. The average molecular weight is 348 g/mol. The van der Waals surface area contributed by atoms with E-state index in [2.05, 4.69) is 10.3 Å². The van der Waals surface area contributed by atoms with Crippen molar-refractivity contribution in [3.8, 4) is 0 Å². The van der Waals surface area contributed by atoms with Gasteiger partial charge in [-0.15, -0.1) is 11.3 Å². The molecule has 1 aromatic carbocycles. The Morgan fingerprint density at radius 2 is 2.12 bits per heavy atom. The van der Waals surface area contributed by atoms with E-state index in [-0.39, 0.29) is 17.8 Å². The van der Waals surface area contributed by atoms with Crippen LogP contribution in [0.3, 0.4) is 0 Å². The number of hydrogen-bond acceptors (Lipinski definition) is 5. The molecule has 0 aliphatic carbocycles. The number of carbonyl (C=O) groups excluding carboxylic acids is 1. The highest BCUT2D eigenvalue weighted by Gasteiger charge is 2.22. The molecule has 3 rings (SSSR count). The molecular weight excluding hydrogens is 327 g/mol. The van der Waals surface area contributed by atoms with Gasteiger partial charge in [0.25, 0.3) is 0 Å². The number of aryl methyl sites for hydroxylation is 1. The number of carbonyl (C=O) groups is 1. The van der Waals surface area contributed by atoms with Crippen molar-refractivity contribution < 1.29 is 9.18 Å². The number of hydrogen-bond donors (Lipinski definition) is 2. The maximum absolute atomic E-state index is 13.8. The average Bonchev–Trinajstić information content (AvgIpc) is 3.00. The first-order valence-electron chi connectivity index (χ1n) is 8.10. The Hall–Kier alpha value is -2.15. The number of halogens is 1. The number of nitrogen functional groups attached to an aromatic ring is 1. The number of thiazole rings is 1. The molecule has 0 radical (unpaired) electrons. The zero-order chi connectivity index (χ0) is 16.9. The summed E-state index contributed by atoms with van der Waals surface area (Å²) in [5.74, 6) is -0.159. The lowest BCUT2D eigenvalue weighted by molar-refractivity contribution is -0.121. The minimum Gasteiger partial charge on any atom is -0.375 e. The minimum atomic E-state index is -0.192. The van der Waals surface area contributed by atoms with E-state index in [0.717, 1.165) is 31.6 Å². The molecule has 128 valence electrons. The highest BCUT2D eigenvalue weighted by molar-refractivity contribution is 7.13. The Morgan fingerprint density at radius 1 is 1.38 bits per heavy atom. The standard InChI is InChI=1S/C17H21FN4OS/c18-14-3-1-2-4-15(14)22-9-7-12(8-10-22)20-16(23)6-5-13-11-24-17(19)21-13/h1-4,11-12H,5-10H2,(H2,19,21)(H,20,23). The Labute approximate surface area is 144 Å². The normalized spacial score (nSPS) is 15.5. The maximum Gasteiger partial charge on any atom is 0.220 e. The largest absolute Gasteiger partial charge is 0.375 e. The lowest BCUT2D eigenvalue weighted by Gasteiger charge is -2.34. The van der Waals surface area contributed by atoms with Crippen LogP contribution in [0.5, 0.6) is 0 Å². The number of nitrogens with two attached hydrogens (primary N) is 1. The van der Waals surface area contributed by atoms with Gasteiger partial charge < -0.3 is 16.0 Å². The Bertz CT molecular complexity index is 697. The van der Waals surface area contributed by atoms with Gasteiger partial charge in [0.05, 0.1) is 11.4 Å². The topological polar surface area (TPSA) is 71.2 Å². The van der Waals surface area contributed by atoms with Crippen molar-refractivity contribution >= 4 is 28.1 Å². The molecule has 0 bridgehead atoms. The predicted octanol–water partition coefficient (Wildman–Crippen LogP) is 2.58. The van der Waals surface area contributed by atoms with E-state index < -0.39 is 0 Å². The van der Waals surface area contributed by atoms with Gasteiger partial charge in [0.15, 0.2) is 5.13 Å². The van der Waals surface area contributed by atoms with Gasteiger partial charge in [0.2, 0.25) is 5.91 Å². The van der Waals surface area contributed by atoms with Crippen LogP contribution >= 0.6 is 11.3 Å². The van der Waals surface area contributed by atoms with Crippen LogP contribution < -0.4 is 16.0 Å². The van der Waals surface area contributed by atoms with Gasteiger partial charge in [-0.2, -0.15) is 0 Å². The van der Waals surface area contributed by atoms with Gasteiger partial charge >= 0.3 is 0 Å². The number of piperidine rings is 1. The van der Waals surface area contributed by atoms with Crippen LogP contribution in [0, 0.1) is 5.82 Å². The van der Waals surface area contributed by atoms with Crippen LogP contribution in [0.4, 0.5) is 15.2 Å². The van der Waals surface area contributed by atoms with E-state index in [9.17, 15) is 9.18 Å². The summed E-state index contributed by atoms with van der Waals surface area (Å²) in [5, 5.41) is 5.49. The number of amides is 1. The molecule has 0 atom stereocenters. The first-order valence-corrected chi connectivity index (χ1v) is 8.98. The molecule has 1 aliphatic rings. The lowest BCUT2D eigenvalue weighted by Crippen LogP contribution is -2.45. The first-order chi connectivity index (χ1) is 11.6. The third-order valence-corrected chi connectivity index (χ3v) is 4.95. The van der Waals surface area contributed by atoms with E-state index in [1.165, 1.54) is 17.4 Å². The van der Waals surface area contributed by atoms with Gasteiger partial charge in [0, 0.05) is 30.9 Å². The number of nitrogens with one attached hydrogen (secondary N) is 1. The number of anilines is 2. The molecule has 2 heterocycles. The van der Waals surface area contributed by atoms with E-state index in [4.69, 9.17) is 5.73 Å². The molecular formula is C17H21FN4OS. The van der Waals surface area contributed by atoms with Crippen molar-refractivity contribution in [2.45, 2.75) is 31.7 Å². The molecule has 0 unspecified atom stereocenters. The summed E-state index contributed by atoms with van der Waals surface area (Å²) < 4.78 is 13.8. The van der Waals surface area contributed by atoms with Crippen LogP contribution in [0.15, 0.2) is 29.6 Å². The van der Waals surface area contributed by atoms with Crippen LogP contribution in [0.1, 0.15) is 25.0 Å². The molecule has 1 aliphatic heterocycles. The SMILES string of the molecule is Nc1nc(CCC(=O)NC2CCN(c3ccccc3F)CC2)cs1. The third-order valence-electron chi connectivity index (χ3n) is 4.23. The van der Waals surface area contributed by atoms with E-state index >= 15 is 0 Å². The monoisotopic (exact) mass is 348 g/mol. The zero-order valence-corrected chi connectivity index (χ0v) is 14.2. The number of benzene rings is 1. The summed E-state index contributed by atoms with van der Waals surface area (Å²) in [4.78, 5) is 18.2. The van der Waals surface area contributed by atoms with Crippen LogP contribution in [-0.4, -0.2) is 30.0 Å². The number of aromatic nitrogens is 1. The summed E-state index contributed by atoms with van der Waals surface area (Å²) in [6.07, 6.45) is 2.66. The molecule has 1 fully saturated rings. The Morgan fingerprint density at radius 3 is 2.79 bits per heavy atom. The summed E-state index contributed by atoms with van der Waals surface area (Å²) in [6.45, 7) is 1.49. The lowest BCUT2D eigenvalue weighted by atomic mass is 10.0. The van der Waals surface area contributed by atoms with Crippen molar-refractivity contribution in [3.05, 3.63) is 41.2 Å². The molecule has 0 saturated carbocycles. The zero-order valence-electron chi connectivity index (χ0n) is 13.4. The quantitative estimate of drug-likeness (QED) is 0.871. The second-order valence-corrected chi connectivity index (χ2v) is 6.85. The predicted molar refractivity (Wildman–Crippen MR) is 94.6 cm³/mol. The Kier molecular flexibility index (Phi) is 5.30. The van der Waals surface area contributed by atoms with Gasteiger partial charge in [0.1, 0.15) is 5.82 Å². The van der Waals surface area contributed by atoms with Crippen molar-refractivity contribution in [1.82, 2.24) is 10.3 Å². The second kappa shape index (κ2) is 7.61. The van der Waals surface area contributed by atoms with Crippen LogP contribution in [0.2, 0.25) is 0 Å². The molecule has 5 nitrogen and oxygen atoms in total. The van der Waals surface area contributed by atoms with E-state index in [1.807, 2.05) is 16.3 Å². The number of nitrogens with zero attached hydrogens (tertiary/aromatic N) is 2. The van der Waals surface area contributed by atoms with Gasteiger partial charge in [-0.3, -0.25) is 4.79 Å². The molecule has 1 amide bonds. The highest BCUT2D eigenvalue weighted by Crippen LogP contribution is 2.23. The van der Waals surface area contributed by atoms with E-state index in [1.54, 1.807) is 12.1 Å². The van der Waals surface area contributed by atoms with Gasteiger partial charge in [-0.25, -0.2) is 9.37 Å². The first kappa shape index (κ1) is 16.7. The number of para-hydroxylation sites is 1. The fraction of sp³-hybridized carbons (Fsp3) is 0.412. The second-order valence-electron chi connectivity index (χ2n) is 5.96. The summed E-state index contributed by atoms with van der Waals surface area (Å²) in [7, 11) is 0. The van der Waals surface area contributed by atoms with Crippen molar-refractivity contribution in [2.75, 3.05) is 23.7 Å². The Balaban J connectivity index is 1.43. The molecule has 3 N–H and O–H groups in total. The fourth-order valence-electron chi connectivity index (χ4n) is 2.95.